The molecule has 2 aliphatic heterocycles. The Morgan fingerprint density at radius 3 is 1.76 bits per heavy atom. The third-order valence-electron chi connectivity index (χ3n) is 6.27. The minimum absolute atomic E-state index is 0.000482. The van der Waals surface area contributed by atoms with Gasteiger partial charge in [0, 0.05) is 31.6 Å². The second-order valence-electron chi connectivity index (χ2n) is 8.43. The molecular formula is C22H26F2N2O6S2. The molecule has 2 heterocycles. The third kappa shape index (κ3) is 4.90. The summed E-state index contributed by atoms with van der Waals surface area (Å²) in [4.78, 5) is 0.198. The number of nitrogens with zero attached hydrogens (tertiary/aromatic N) is 2. The highest BCUT2D eigenvalue weighted by atomic mass is 32.2. The predicted molar refractivity (Wildman–Crippen MR) is 120 cm³/mol. The van der Waals surface area contributed by atoms with Gasteiger partial charge < -0.3 is 9.47 Å². The summed E-state index contributed by atoms with van der Waals surface area (Å²) in [6.45, 7) is 0.561. The zero-order valence-corrected chi connectivity index (χ0v) is 20.2. The quantitative estimate of drug-likeness (QED) is 0.535. The minimum atomic E-state index is -3.77. The van der Waals surface area contributed by atoms with E-state index in [1.54, 1.807) is 12.1 Å². The van der Waals surface area contributed by atoms with Gasteiger partial charge in [-0.05, 0) is 68.3 Å². The van der Waals surface area contributed by atoms with Crippen molar-refractivity contribution >= 4 is 20.0 Å². The second kappa shape index (κ2) is 9.40. The minimum Gasteiger partial charge on any atom is -0.494 e. The van der Waals surface area contributed by atoms with E-state index >= 15 is 0 Å². The standard InChI is InChI=1S/C22H26F2N2O6S2/c1-2-31-17-3-7-19(8-4-17)33(27,28)25-13-11-22(12-14-25)15-26(16-22)34(29,30)20-9-5-18(6-10-20)32-21(23)24/h3-10,21H,2,11-16H2,1H3. The van der Waals surface area contributed by atoms with E-state index in [0.29, 0.717) is 51.4 Å². The summed E-state index contributed by atoms with van der Waals surface area (Å²) < 4.78 is 88.7. The lowest BCUT2D eigenvalue weighted by Crippen LogP contribution is -2.62. The summed E-state index contributed by atoms with van der Waals surface area (Å²) in [5, 5.41) is 0. The number of rotatable bonds is 8. The van der Waals surface area contributed by atoms with Gasteiger partial charge in [0.15, 0.2) is 0 Å². The maximum Gasteiger partial charge on any atom is 0.387 e. The summed E-state index contributed by atoms with van der Waals surface area (Å²) in [6.07, 6.45) is 1.10. The van der Waals surface area contributed by atoms with Crippen LogP contribution >= 0.6 is 0 Å². The number of benzene rings is 2. The first-order valence-electron chi connectivity index (χ1n) is 10.8. The van der Waals surface area contributed by atoms with Crippen LogP contribution in [0.15, 0.2) is 58.3 Å². The molecule has 0 unspecified atom stereocenters. The van der Waals surface area contributed by atoms with Gasteiger partial charge in [-0.1, -0.05) is 0 Å². The molecule has 2 aliphatic rings. The van der Waals surface area contributed by atoms with Crippen molar-refractivity contribution in [1.29, 1.82) is 0 Å². The number of ether oxygens (including phenoxy) is 2. The van der Waals surface area contributed by atoms with Crippen LogP contribution in [0.2, 0.25) is 0 Å². The molecule has 186 valence electrons. The molecule has 8 nitrogen and oxygen atoms in total. The molecule has 0 amide bonds. The highest BCUT2D eigenvalue weighted by Gasteiger charge is 2.50. The highest BCUT2D eigenvalue weighted by molar-refractivity contribution is 7.89. The van der Waals surface area contributed by atoms with Crippen molar-refractivity contribution in [2.45, 2.75) is 36.2 Å². The van der Waals surface area contributed by atoms with Gasteiger partial charge in [0.1, 0.15) is 11.5 Å². The number of hydrogen-bond donors (Lipinski definition) is 0. The van der Waals surface area contributed by atoms with Crippen molar-refractivity contribution in [3.63, 3.8) is 0 Å². The fourth-order valence-electron chi connectivity index (χ4n) is 4.35. The number of hydrogen-bond acceptors (Lipinski definition) is 6. The Bertz CT molecular complexity index is 1200. The van der Waals surface area contributed by atoms with Crippen molar-refractivity contribution in [2.75, 3.05) is 32.8 Å². The maximum absolute atomic E-state index is 13.0. The van der Waals surface area contributed by atoms with E-state index in [-0.39, 0.29) is 21.0 Å². The molecule has 2 saturated heterocycles. The topological polar surface area (TPSA) is 93.2 Å². The summed E-state index contributed by atoms with van der Waals surface area (Å²) >= 11 is 0. The molecule has 2 aromatic rings. The van der Waals surface area contributed by atoms with E-state index in [2.05, 4.69) is 4.74 Å². The molecule has 0 aromatic heterocycles. The van der Waals surface area contributed by atoms with Crippen molar-refractivity contribution in [2.24, 2.45) is 5.41 Å². The molecule has 4 rings (SSSR count). The third-order valence-corrected chi connectivity index (χ3v) is 9.98. The van der Waals surface area contributed by atoms with Crippen LogP contribution in [0.25, 0.3) is 0 Å². The summed E-state index contributed by atoms with van der Waals surface area (Å²) in [6, 6.07) is 11.2. The van der Waals surface area contributed by atoms with E-state index in [0.717, 1.165) is 0 Å². The van der Waals surface area contributed by atoms with Crippen LogP contribution in [0.3, 0.4) is 0 Å². The Morgan fingerprint density at radius 2 is 1.29 bits per heavy atom. The SMILES string of the molecule is CCOc1ccc(S(=O)(=O)N2CCC3(CC2)CN(S(=O)(=O)c2ccc(OC(F)F)cc2)C3)cc1. The van der Waals surface area contributed by atoms with Gasteiger partial charge in [0.25, 0.3) is 0 Å². The van der Waals surface area contributed by atoms with Crippen molar-refractivity contribution in [3.05, 3.63) is 48.5 Å². The summed E-state index contributed by atoms with van der Waals surface area (Å²) in [5.41, 5.74) is -0.267. The lowest BCUT2D eigenvalue weighted by Gasteiger charge is -2.52. The normalized spacial score (nSPS) is 19.2. The van der Waals surface area contributed by atoms with Crippen LogP contribution in [0.4, 0.5) is 8.78 Å². The monoisotopic (exact) mass is 516 g/mol. The van der Waals surface area contributed by atoms with E-state index in [1.807, 2.05) is 6.92 Å². The van der Waals surface area contributed by atoms with Gasteiger partial charge in [-0.3, -0.25) is 0 Å². The zero-order chi connectivity index (χ0) is 24.6. The predicted octanol–water partition coefficient (Wildman–Crippen LogP) is 3.16. The summed E-state index contributed by atoms with van der Waals surface area (Å²) in [5.74, 6) is 0.487. The molecular weight excluding hydrogens is 490 g/mol. The molecule has 1 spiro atoms. The second-order valence-corrected chi connectivity index (χ2v) is 12.3. The van der Waals surface area contributed by atoms with Crippen LogP contribution in [-0.4, -0.2) is 64.8 Å². The largest absolute Gasteiger partial charge is 0.494 e. The van der Waals surface area contributed by atoms with Crippen LogP contribution in [0, 0.1) is 5.41 Å². The number of halogens is 2. The average Bonchev–Trinajstić information content (AvgIpc) is 2.78. The van der Waals surface area contributed by atoms with Crippen LogP contribution in [0.5, 0.6) is 11.5 Å². The molecule has 0 bridgehead atoms. The Kier molecular flexibility index (Phi) is 6.87. The average molecular weight is 517 g/mol. The van der Waals surface area contributed by atoms with Gasteiger partial charge in [0.2, 0.25) is 20.0 Å². The fourth-order valence-corrected chi connectivity index (χ4v) is 7.46. The first kappa shape index (κ1) is 24.8. The summed E-state index contributed by atoms with van der Waals surface area (Å²) in [7, 11) is -7.42. The van der Waals surface area contributed by atoms with Crippen molar-refractivity contribution in [1.82, 2.24) is 8.61 Å². The van der Waals surface area contributed by atoms with E-state index in [4.69, 9.17) is 4.74 Å². The Morgan fingerprint density at radius 1 is 0.824 bits per heavy atom. The number of piperidine rings is 1. The number of alkyl halides is 2. The fraction of sp³-hybridized carbons (Fsp3) is 0.455. The van der Waals surface area contributed by atoms with Crippen LogP contribution in [-0.2, 0) is 20.0 Å². The molecule has 0 saturated carbocycles. The number of sulfonamides is 2. The van der Waals surface area contributed by atoms with E-state index in [1.165, 1.54) is 45.0 Å². The maximum atomic E-state index is 13.0. The van der Waals surface area contributed by atoms with Gasteiger partial charge in [-0.2, -0.15) is 17.4 Å². The first-order chi connectivity index (χ1) is 16.1. The molecule has 0 N–H and O–H groups in total. The van der Waals surface area contributed by atoms with Gasteiger partial charge in [-0.15, -0.1) is 0 Å². The molecule has 0 aliphatic carbocycles. The van der Waals surface area contributed by atoms with Crippen LogP contribution in [0.1, 0.15) is 19.8 Å². The van der Waals surface area contributed by atoms with Gasteiger partial charge >= 0.3 is 6.61 Å². The lowest BCUT2D eigenvalue weighted by atomic mass is 9.74. The first-order valence-corrected chi connectivity index (χ1v) is 13.7. The van der Waals surface area contributed by atoms with Crippen molar-refractivity contribution < 1.29 is 35.1 Å². The van der Waals surface area contributed by atoms with Crippen molar-refractivity contribution in [3.8, 4) is 11.5 Å². The molecule has 0 radical (unpaired) electrons. The Hall–Kier alpha value is -2.28. The van der Waals surface area contributed by atoms with Gasteiger partial charge in [-0.25, -0.2) is 16.8 Å². The van der Waals surface area contributed by atoms with Gasteiger partial charge in [0.05, 0.1) is 16.4 Å². The molecule has 34 heavy (non-hydrogen) atoms. The highest BCUT2D eigenvalue weighted by Crippen LogP contribution is 2.44. The Balaban J connectivity index is 1.36. The Labute approximate surface area is 198 Å². The van der Waals surface area contributed by atoms with Crippen LogP contribution < -0.4 is 9.47 Å². The molecule has 2 fully saturated rings. The van der Waals surface area contributed by atoms with E-state index < -0.39 is 26.7 Å². The molecule has 2 aromatic carbocycles. The van der Waals surface area contributed by atoms with E-state index in [9.17, 15) is 25.6 Å². The smallest absolute Gasteiger partial charge is 0.387 e. The molecule has 0 atom stereocenters. The lowest BCUT2D eigenvalue weighted by molar-refractivity contribution is -0.0498. The zero-order valence-electron chi connectivity index (χ0n) is 18.6. The molecule has 12 heteroatoms.